The van der Waals surface area contributed by atoms with Gasteiger partial charge in [0.1, 0.15) is 0 Å². The van der Waals surface area contributed by atoms with E-state index in [-0.39, 0.29) is 0 Å². The van der Waals surface area contributed by atoms with Crippen molar-refractivity contribution in [1.82, 2.24) is 0 Å². The van der Waals surface area contributed by atoms with E-state index in [1.807, 2.05) is 0 Å². The number of hydrogen-bond acceptors (Lipinski definition) is 1. The van der Waals surface area contributed by atoms with Gasteiger partial charge in [0.2, 0.25) is 0 Å². The quantitative estimate of drug-likeness (QED) is 0.130. The van der Waals surface area contributed by atoms with Crippen LogP contribution in [-0.4, -0.2) is 0 Å². The maximum Gasteiger partial charge on any atom is 0.0462 e. The fraction of sp³-hybridized carbons (Fsp3) is 0.115. The maximum atomic E-state index is 2.35. The van der Waals surface area contributed by atoms with Gasteiger partial charge in [0.05, 0.1) is 0 Å². The zero-order valence-corrected chi connectivity index (χ0v) is 31.5. The van der Waals surface area contributed by atoms with E-state index in [9.17, 15) is 0 Å². The summed E-state index contributed by atoms with van der Waals surface area (Å²) >= 11 is 0. The minimum atomic E-state index is 1.01. The Kier molecular flexibility index (Phi) is 10.6. The van der Waals surface area contributed by atoms with Crippen LogP contribution in [0.5, 0.6) is 0 Å². The van der Waals surface area contributed by atoms with Gasteiger partial charge in [-0.1, -0.05) is 163 Å². The summed E-state index contributed by atoms with van der Waals surface area (Å²) in [6.45, 7) is 10.7. The molecular formula is C52H47N. The summed E-state index contributed by atoms with van der Waals surface area (Å²) in [5.74, 6) is 0. The highest BCUT2D eigenvalue weighted by atomic mass is 15.1. The maximum absolute atomic E-state index is 2.35. The summed E-state index contributed by atoms with van der Waals surface area (Å²) in [5.41, 5.74) is 19.3. The molecule has 0 atom stereocenters. The molecule has 0 heterocycles. The number of benzene rings is 7. The first-order chi connectivity index (χ1) is 25.8. The Morgan fingerprint density at radius 1 is 0.358 bits per heavy atom. The molecule has 1 nitrogen and oxygen atoms in total. The second-order valence-electron chi connectivity index (χ2n) is 14.1. The van der Waals surface area contributed by atoms with E-state index in [0.29, 0.717) is 0 Å². The summed E-state index contributed by atoms with van der Waals surface area (Å²) < 4.78 is 0. The van der Waals surface area contributed by atoms with Crippen LogP contribution in [0.3, 0.4) is 0 Å². The van der Waals surface area contributed by atoms with E-state index < -0.39 is 0 Å². The Labute approximate surface area is 316 Å². The Hall–Kier alpha value is -6.18. The highest BCUT2D eigenvalue weighted by molar-refractivity contribution is 5.93. The zero-order valence-electron chi connectivity index (χ0n) is 31.5. The van der Waals surface area contributed by atoms with Gasteiger partial charge in [-0.2, -0.15) is 0 Å². The van der Waals surface area contributed by atoms with Crippen molar-refractivity contribution in [3.05, 3.63) is 231 Å². The highest BCUT2D eigenvalue weighted by Crippen LogP contribution is 2.36. The van der Waals surface area contributed by atoms with Gasteiger partial charge >= 0.3 is 0 Å². The third kappa shape index (κ3) is 8.49. The van der Waals surface area contributed by atoms with E-state index >= 15 is 0 Å². The molecule has 0 N–H and O–H groups in total. The average molecular weight is 686 g/mol. The first-order valence-corrected chi connectivity index (χ1v) is 18.6. The molecular weight excluding hydrogens is 639 g/mol. The van der Waals surface area contributed by atoms with E-state index in [2.05, 4.69) is 222 Å². The van der Waals surface area contributed by atoms with Crippen molar-refractivity contribution in [2.24, 2.45) is 0 Å². The van der Waals surface area contributed by atoms with Gasteiger partial charge < -0.3 is 4.90 Å². The van der Waals surface area contributed by atoms with Gasteiger partial charge in [-0.3, -0.25) is 0 Å². The van der Waals surface area contributed by atoms with Crippen molar-refractivity contribution in [1.29, 1.82) is 0 Å². The summed E-state index contributed by atoms with van der Waals surface area (Å²) in [6.07, 6.45) is 5.62. The van der Waals surface area contributed by atoms with Gasteiger partial charge in [0, 0.05) is 17.1 Å². The van der Waals surface area contributed by atoms with Crippen molar-refractivity contribution in [3.63, 3.8) is 0 Å². The SMILES string of the molecule is CCc1ccc(N(c2ccc(C=C(c3ccc(C)cc3)c3ccc(C)cc3)cc2)c2ccc(C=C(c3ccc(C)cc3)c3ccc(C)cc3)cc2)cc1. The van der Waals surface area contributed by atoms with Crippen LogP contribution in [0, 0.1) is 27.7 Å². The number of aryl methyl sites for hydroxylation is 5. The van der Waals surface area contributed by atoms with Gasteiger partial charge in [0.25, 0.3) is 0 Å². The van der Waals surface area contributed by atoms with Gasteiger partial charge in [-0.15, -0.1) is 0 Å². The molecule has 0 aliphatic heterocycles. The first kappa shape index (κ1) is 35.2. The van der Waals surface area contributed by atoms with Crippen LogP contribution < -0.4 is 4.90 Å². The Morgan fingerprint density at radius 3 is 0.887 bits per heavy atom. The lowest BCUT2D eigenvalue weighted by Gasteiger charge is -2.26. The molecule has 0 aliphatic carbocycles. The van der Waals surface area contributed by atoms with E-state index in [1.54, 1.807) is 0 Å². The largest absolute Gasteiger partial charge is 0.311 e. The molecule has 7 aromatic rings. The lowest BCUT2D eigenvalue weighted by atomic mass is 9.94. The normalized spacial score (nSPS) is 10.8. The fourth-order valence-corrected chi connectivity index (χ4v) is 6.70. The zero-order chi connectivity index (χ0) is 36.7. The lowest BCUT2D eigenvalue weighted by Crippen LogP contribution is -2.10. The van der Waals surface area contributed by atoms with Crippen LogP contribution in [0.4, 0.5) is 17.1 Å². The van der Waals surface area contributed by atoms with Crippen LogP contribution in [0.1, 0.15) is 68.1 Å². The molecule has 0 saturated carbocycles. The fourth-order valence-electron chi connectivity index (χ4n) is 6.70. The minimum Gasteiger partial charge on any atom is -0.311 e. The Balaban J connectivity index is 1.25. The second-order valence-corrected chi connectivity index (χ2v) is 14.1. The van der Waals surface area contributed by atoms with Crippen molar-refractivity contribution < 1.29 is 0 Å². The number of hydrogen-bond donors (Lipinski definition) is 0. The molecule has 0 spiro atoms. The van der Waals surface area contributed by atoms with Gasteiger partial charge in [0.15, 0.2) is 0 Å². The molecule has 260 valence electrons. The van der Waals surface area contributed by atoms with Crippen LogP contribution >= 0.6 is 0 Å². The summed E-state index contributed by atoms with van der Waals surface area (Å²) in [7, 11) is 0. The second kappa shape index (κ2) is 16.0. The van der Waals surface area contributed by atoms with E-state index in [4.69, 9.17) is 0 Å². The molecule has 0 amide bonds. The Morgan fingerprint density at radius 2 is 0.623 bits per heavy atom. The number of rotatable bonds is 10. The van der Waals surface area contributed by atoms with Crippen molar-refractivity contribution in [3.8, 4) is 0 Å². The highest BCUT2D eigenvalue weighted by Gasteiger charge is 2.14. The number of anilines is 3. The van der Waals surface area contributed by atoms with Crippen molar-refractivity contribution in [2.75, 3.05) is 4.90 Å². The summed E-state index contributed by atoms with van der Waals surface area (Å²) in [4.78, 5) is 2.35. The lowest BCUT2D eigenvalue weighted by molar-refractivity contribution is 1.14. The van der Waals surface area contributed by atoms with Gasteiger partial charge in [-0.05, 0) is 133 Å². The molecule has 0 fully saturated rings. The molecule has 0 radical (unpaired) electrons. The van der Waals surface area contributed by atoms with E-state index in [0.717, 1.165) is 34.6 Å². The van der Waals surface area contributed by atoms with E-state index in [1.165, 1.54) is 61.2 Å². The summed E-state index contributed by atoms with van der Waals surface area (Å²) in [6, 6.07) is 62.1. The predicted octanol–water partition coefficient (Wildman–Crippen LogP) is 14.1. The third-order valence-corrected chi connectivity index (χ3v) is 9.98. The molecule has 0 aromatic heterocycles. The van der Waals surface area contributed by atoms with Crippen molar-refractivity contribution in [2.45, 2.75) is 41.0 Å². The molecule has 7 rings (SSSR count). The smallest absolute Gasteiger partial charge is 0.0462 e. The minimum absolute atomic E-state index is 1.01. The van der Waals surface area contributed by atoms with Crippen LogP contribution in [0.15, 0.2) is 170 Å². The van der Waals surface area contributed by atoms with Crippen LogP contribution in [0.2, 0.25) is 0 Å². The third-order valence-electron chi connectivity index (χ3n) is 9.98. The average Bonchev–Trinajstić information content (AvgIpc) is 3.19. The van der Waals surface area contributed by atoms with Crippen LogP contribution in [0.25, 0.3) is 23.3 Å². The van der Waals surface area contributed by atoms with Crippen LogP contribution in [-0.2, 0) is 6.42 Å². The first-order valence-electron chi connectivity index (χ1n) is 18.6. The summed E-state index contributed by atoms with van der Waals surface area (Å²) in [5, 5.41) is 0. The monoisotopic (exact) mass is 685 g/mol. The van der Waals surface area contributed by atoms with Crippen molar-refractivity contribution >= 4 is 40.4 Å². The topological polar surface area (TPSA) is 3.24 Å². The Bertz CT molecular complexity index is 2080. The van der Waals surface area contributed by atoms with Gasteiger partial charge in [-0.25, -0.2) is 0 Å². The molecule has 0 aliphatic rings. The standard InChI is InChI=1S/C52H47N/c1-6-41-15-29-48(30-16-41)53(49-31-17-42(18-32-49)35-51(44-21-7-37(2)8-22-44)45-23-9-38(3)10-24-45)50-33-19-43(20-34-50)36-52(46-25-11-39(4)12-26-46)47-27-13-40(5)14-28-47/h7-36H,6H2,1-5H3. The number of nitrogens with zero attached hydrogens (tertiary/aromatic N) is 1. The molecule has 1 heteroatoms. The molecule has 0 bridgehead atoms. The molecule has 0 saturated heterocycles. The molecule has 0 unspecified atom stereocenters. The predicted molar refractivity (Wildman–Crippen MR) is 229 cm³/mol. The molecule has 53 heavy (non-hydrogen) atoms. The molecule has 7 aromatic carbocycles.